The van der Waals surface area contributed by atoms with Crippen LogP contribution in [0.2, 0.25) is 0 Å². The first kappa shape index (κ1) is 20.4. The van der Waals surface area contributed by atoms with E-state index in [1.54, 1.807) is 18.2 Å². The maximum absolute atomic E-state index is 12.5. The summed E-state index contributed by atoms with van der Waals surface area (Å²) in [6.45, 7) is 4.53. The summed E-state index contributed by atoms with van der Waals surface area (Å²) >= 11 is 1.38. The van der Waals surface area contributed by atoms with Crippen molar-refractivity contribution in [3.8, 4) is 17.1 Å². The Morgan fingerprint density at radius 3 is 2.68 bits per heavy atom. The molecule has 2 aromatic carbocycles. The second-order valence-electron chi connectivity index (χ2n) is 5.94. The molecule has 28 heavy (non-hydrogen) atoms. The van der Waals surface area contributed by atoms with Crippen LogP contribution in [0.3, 0.4) is 0 Å². The molecule has 0 aliphatic heterocycles. The van der Waals surface area contributed by atoms with Crippen LogP contribution in [0.5, 0.6) is 5.75 Å². The molecule has 0 unspecified atom stereocenters. The van der Waals surface area contributed by atoms with Gasteiger partial charge in [0.25, 0.3) is 0 Å². The summed E-state index contributed by atoms with van der Waals surface area (Å²) in [5.41, 5.74) is 1.74. The molecule has 9 heteroatoms. The fourth-order valence-electron chi connectivity index (χ4n) is 2.54. The van der Waals surface area contributed by atoms with E-state index in [2.05, 4.69) is 19.9 Å². The second-order valence-corrected chi connectivity index (χ2v) is 8.77. The normalized spacial score (nSPS) is 11.5. The van der Waals surface area contributed by atoms with Crippen molar-refractivity contribution in [2.45, 2.75) is 23.9 Å². The minimum atomic E-state index is -3.57. The van der Waals surface area contributed by atoms with Crippen molar-refractivity contribution in [2.75, 3.05) is 18.9 Å². The number of rotatable bonds is 9. The lowest BCUT2D eigenvalue weighted by Gasteiger charge is -2.10. The van der Waals surface area contributed by atoms with E-state index in [9.17, 15) is 8.42 Å². The standard InChI is InChI=1S/C19H22N4O3S2/c1-3-26-17-10-9-16(13-14(17)2)28(24,25)20-11-12-27-19-21-18(22-23-19)15-7-5-4-6-8-15/h4-10,13,20H,3,11-12H2,1-2H3,(H,21,22,23). The molecule has 0 spiro atoms. The number of nitrogens with zero attached hydrogens (tertiary/aromatic N) is 2. The van der Waals surface area contributed by atoms with Crippen LogP contribution in [0.25, 0.3) is 11.4 Å². The summed E-state index contributed by atoms with van der Waals surface area (Å²) in [5.74, 6) is 1.89. The zero-order chi connectivity index (χ0) is 20.0. The number of benzene rings is 2. The second kappa shape index (κ2) is 9.22. The highest BCUT2D eigenvalue weighted by Crippen LogP contribution is 2.22. The number of hydrogen-bond acceptors (Lipinski definition) is 6. The molecule has 7 nitrogen and oxygen atoms in total. The number of aryl methyl sites for hydroxylation is 1. The van der Waals surface area contributed by atoms with Crippen molar-refractivity contribution in [1.82, 2.24) is 19.9 Å². The Balaban J connectivity index is 1.53. The average molecular weight is 419 g/mol. The summed E-state index contributed by atoms with van der Waals surface area (Å²) < 4.78 is 33.0. The highest BCUT2D eigenvalue weighted by atomic mass is 32.2. The predicted molar refractivity (Wildman–Crippen MR) is 110 cm³/mol. The van der Waals surface area contributed by atoms with Gasteiger partial charge in [-0.3, -0.25) is 5.10 Å². The van der Waals surface area contributed by atoms with Crippen molar-refractivity contribution in [2.24, 2.45) is 0 Å². The molecule has 3 rings (SSSR count). The minimum Gasteiger partial charge on any atom is -0.494 e. The smallest absolute Gasteiger partial charge is 0.240 e. The largest absolute Gasteiger partial charge is 0.494 e. The molecule has 0 saturated carbocycles. The van der Waals surface area contributed by atoms with Gasteiger partial charge >= 0.3 is 0 Å². The van der Waals surface area contributed by atoms with Gasteiger partial charge in [-0.05, 0) is 37.6 Å². The third-order valence-electron chi connectivity index (χ3n) is 3.89. The summed E-state index contributed by atoms with van der Waals surface area (Å²) in [5, 5.41) is 7.63. The van der Waals surface area contributed by atoms with Gasteiger partial charge in [-0.1, -0.05) is 42.1 Å². The first-order valence-electron chi connectivity index (χ1n) is 8.83. The monoisotopic (exact) mass is 418 g/mol. The number of hydrogen-bond donors (Lipinski definition) is 2. The first-order chi connectivity index (χ1) is 13.5. The molecule has 2 N–H and O–H groups in total. The van der Waals surface area contributed by atoms with Crippen LogP contribution in [-0.2, 0) is 10.0 Å². The molecule has 0 aliphatic rings. The molecule has 148 valence electrons. The Hall–Kier alpha value is -2.36. The number of ether oxygens (including phenoxy) is 1. The summed E-state index contributed by atoms with van der Waals surface area (Å²) in [6, 6.07) is 14.5. The van der Waals surface area contributed by atoms with Gasteiger partial charge in [-0.2, -0.15) is 0 Å². The van der Waals surface area contributed by atoms with E-state index in [4.69, 9.17) is 4.74 Å². The van der Waals surface area contributed by atoms with Gasteiger partial charge in [0.2, 0.25) is 15.2 Å². The number of nitrogens with one attached hydrogen (secondary N) is 2. The number of sulfonamides is 1. The molecular formula is C19H22N4O3S2. The van der Waals surface area contributed by atoms with E-state index in [-0.39, 0.29) is 11.4 Å². The molecule has 0 radical (unpaired) electrons. The molecule has 0 amide bonds. The Morgan fingerprint density at radius 1 is 1.18 bits per heavy atom. The van der Waals surface area contributed by atoms with Crippen LogP contribution in [-0.4, -0.2) is 42.5 Å². The molecule has 1 heterocycles. The van der Waals surface area contributed by atoms with E-state index in [0.29, 0.717) is 29.1 Å². The molecule has 1 aromatic heterocycles. The van der Waals surface area contributed by atoms with Crippen LogP contribution in [0.15, 0.2) is 58.6 Å². The van der Waals surface area contributed by atoms with Crippen molar-refractivity contribution in [3.63, 3.8) is 0 Å². The highest BCUT2D eigenvalue weighted by molar-refractivity contribution is 7.99. The number of thioether (sulfide) groups is 1. The van der Waals surface area contributed by atoms with Gasteiger partial charge in [0.15, 0.2) is 5.82 Å². The first-order valence-corrected chi connectivity index (χ1v) is 11.3. The van der Waals surface area contributed by atoms with Gasteiger partial charge in [0.1, 0.15) is 5.75 Å². The fraction of sp³-hybridized carbons (Fsp3) is 0.263. The van der Waals surface area contributed by atoms with Gasteiger partial charge < -0.3 is 4.74 Å². The lowest BCUT2D eigenvalue weighted by atomic mass is 10.2. The fourth-order valence-corrected chi connectivity index (χ4v) is 4.44. The van der Waals surface area contributed by atoms with E-state index < -0.39 is 10.0 Å². The van der Waals surface area contributed by atoms with E-state index in [0.717, 1.165) is 11.1 Å². The van der Waals surface area contributed by atoms with Crippen LogP contribution in [0, 0.1) is 6.92 Å². The molecule has 3 aromatic rings. The average Bonchev–Trinajstić information content (AvgIpc) is 3.17. The highest BCUT2D eigenvalue weighted by Gasteiger charge is 2.15. The number of aromatic nitrogens is 3. The van der Waals surface area contributed by atoms with E-state index in [1.807, 2.05) is 44.2 Å². The lowest BCUT2D eigenvalue weighted by Crippen LogP contribution is -2.26. The summed E-state index contributed by atoms with van der Waals surface area (Å²) in [7, 11) is -3.57. The Morgan fingerprint density at radius 2 is 1.96 bits per heavy atom. The van der Waals surface area contributed by atoms with Gasteiger partial charge in [-0.15, -0.1) is 5.10 Å². The summed E-state index contributed by atoms with van der Waals surface area (Å²) in [6.07, 6.45) is 0. The molecule has 0 bridgehead atoms. The predicted octanol–water partition coefficient (Wildman–Crippen LogP) is 3.25. The maximum Gasteiger partial charge on any atom is 0.240 e. The molecule has 0 saturated heterocycles. The third kappa shape index (κ3) is 5.12. The Labute approximate surface area is 169 Å². The van der Waals surface area contributed by atoms with Crippen molar-refractivity contribution < 1.29 is 13.2 Å². The Bertz CT molecular complexity index is 1020. The number of H-pyrrole nitrogens is 1. The van der Waals surface area contributed by atoms with Crippen LogP contribution < -0.4 is 9.46 Å². The zero-order valence-electron chi connectivity index (χ0n) is 15.7. The summed E-state index contributed by atoms with van der Waals surface area (Å²) in [4.78, 5) is 4.64. The van der Waals surface area contributed by atoms with Gasteiger partial charge in [-0.25, -0.2) is 18.1 Å². The van der Waals surface area contributed by atoms with Gasteiger partial charge in [0, 0.05) is 17.9 Å². The molecule has 0 atom stereocenters. The molecular weight excluding hydrogens is 396 g/mol. The third-order valence-corrected chi connectivity index (χ3v) is 6.20. The van der Waals surface area contributed by atoms with Crippen molar-refractivity contribution in [1.29, 1.82) is 0 Å². The Kier molecular flexibility index (Phi) is 6.71. The quantitative estimate of drug-likeness (QED) is 0.409. The van der Waals surface area contributed by atoms with Crippen molar-refractivity contribution >= 4 is 21.8 Å². The maximum atomic E-state index is 12.5. The lowest BCUT2D eigenvalue weighted by molar-refractivity contribution is 0.337. The van der Waals surface area contributed by atoms with Crippen LogP contribution in [0.1, 0.15) is 12.5 Å². The van der Waals surface area contributed by atoms with Crippen LogP contribution >= 0.6 is 11.8 Å². The van der Waals surface area contributed by atoms with E-state index >= 15 is 0 Å². The van der Waals surface area contributed by atoms with E-state index in [1.165, 1.54) is 11.8 Å². The zero-order valence-corrected chi connectivity index (χ0v) is 17.3. The number of aromatic amines is 1. The van der Waals surface area contributed by atoms with Crippen LogP contribution in [0.4, 0.5) is 0 Å². The molecule has 0 fully saturated rings. The van der Waals surface area contributed by atoms with Crippen molar-refractivity contribution in [3.05, 3.63) is 54.1 Å². The minimum absolute atomic E-state index is 0.225. The molecule has 0 aliphatic carbocycles. The van der Waals surface area contributed by atoms with Gasteiger partial charge in [0.05, 0.1) is 11.5 Å². The SMILES string of the molecule is CCOc1ccc(S(=O)(=O)NCCSc2n[nH]c(-c3ccccc3)n2)cc1C. The topological polar surface area (TPSA) is 97.0 Å².